The first-order valence-electron chi connectivity index (χ1n) is 6.63. The average molecular weight is 360 g/mol. The summed E-state index contributed by atoms with van der Waals surface area (Å²) in [6.45, 7) is 0.701. The Balaban J connectivity index is 2.26. The fraction of sp³-hybridized carbons (Fsp3) is 0.286. The summed E-state index contributed by atoms with van der Waals surface area (Å²) in [6.07, 6.45) is 0.984. The SMILES string of the molecule is O=C(O)C(=Cc1ccc(N2CCS(=O)(=O)CC2)cc1Cl)C(=O)O. The van der Waals surface area contributed by atoms with Gasteiger partial charge in [0.1, 0.15) is 5.57 Å². The van der Waals surface area contributed by atoms with Gasteiger partial charge in [0.05, 0.1) is 11.5 Å². The Bertz CT molecular complexity index is 756. The molecule has 23 heavy (non-hydrogen) atoms. The standard InChI is InChI=1S/C14H14ClNO6S/c15-12-8-10(16-3-5-23(21,22)6-4-16)2-1-9(12)7-11(13(17)18)14(19)20/h1-2,7-8H,3-6H2,(H,17,18)(H,19,20). The lowest BCUT2D eigenvalue weighted by atomic mass is 10.1. The van der Waals surface area contributed by atoms with Crippen LogP contribution in [-0.4, -0.2) is 55.2 Å². The number of halogens is 1. The van der Waals surface area contributed by atoms with E-state index in [0.717, 1.165) is 6.08 Å². The first kappa shape index (κ1) is 17.3. The van der Waals surface area contributed by atoms with Crippen molar-refractivity contribution >= 4 is 45.1 Å². The molecule has 124 valence electrons. The molecule has 0 aliphatic carbocycles. The monoisotopic (exact) mass is 359 g/mol. The van der Waals surface area contributed by atoms with Crippen LogP contribution in [0.2, 0.25) is 5.02 Å². The molecule has 1 aliphatic heterocycles. The average Bonchev–Trinajstić information content (AvgIpc) is 2.45. The molecular weight excluding hydrogens is 346 g/mol. The lowest BCUT2D eigenvalue weighted by molar-refractivity contribution is -0.140. The second-order valence-electron chi connectivity index (χ2n) is 5.01. The number of aliphatic carboxylic acids is 2. The molecule has 0 radical (unpaired) electrons. The van der Waals surface area contributed by atoms with E-state index >= 15 is 0 Å². The summed E-state index contributed by atoms with van der Waals surface area (Å²) in [7, 11) is -2.99. The number of carbonyl (C=O) groups is 2. The molecule has 0 unspecified atom stereocenters. The van der Waals surface area contributed by atoms with Crippen molar-refractivity contribution in [3.8, 4) is 0 Å². The zero-order chi connectivity index (χ0) is 17.2. The van der Waals surface area contributed by atoms with Gasteiger partial charge in [0, 0.05) is 23.8 Å². The molecule has 0 spiro atoms. The van der Waals surface area contributed by atoms with E-state index in [4.69, 9.17) is 21.8 Å². The minimum Gasteiger partial charge on any atom is -0.477 e. The van der Waals surface area contributed by atoms with Crippen LogP contribution < -0.4 is 4.90 Å². The van der Waals surface area contributed by atoms with Gasteiger partial charge < -0.3 is 15.1 Å². The van der Waals surface area contributed by atoms with Crippen molar-refractivity contribution in [1.29, 1.82) is 0 Å². The van der Waals surface area contributed by atoms with E-state index in [-0.39, 0.29) is 22.1 Å². The molecule has 2 N–H and O–H groups in total. The van der Waals surface area contributed by atoms with E-state index < -0.39 is 27.3 Å². The summed E-state index contributed by atoms with van der Waals surface area (Å²) >= 11 is 6.08. The molecule has 0 aromatic heterocycles. The zero-order valence-electron chi connectivity index (χ0n) is 11.9. The lowest BCUT2D eigenvalue weighted by Crippen LogP contribution is -2.40. The van der Waals surface area contributed by atoms with E-state index in [0.29, 0.717) is 18.8 Å². The fourth-order valence-corrected chi connectivity index (χ4v) is 3.60. The van der Waals surface area contributed by atoms with Crippen molar-refractivity contribution in [2.24, 2.45) is 0 Å². The first-order valence-corrected chi connectivity index (χ1v) is 8.83. The van der Waals surface area contributed by atoms with Gasteiger partial charge in [-0.15, -0.1) is 0 Å². The Morgan fingerprint density at radius 2 is 1.70 bits per heavy atom. The number of benzene rings is 1. The summed E-state index contributed by atoms with van der Waals surface area (Å²) in [6, 6.07) is 4.72. The van der Waals surface area contributed by atoms with Crippen LogP contribution in [0.15, 0.2) is 23.8 Å². The molecule has 2 rings (SSSR count). The number of anilines is 1. The molecule has 1 aromatic carbocycles. The molecule has 0 amide bonds. The molecule has 1 aromatic rings. The Hall–Kier alpha value is -2.06. The van der Waals surface area contributed by atoms with Crippen LogP contribution in [0.4, 0.5) is 5.69 Å². The number of carboxylic acid groups (broad SMARTS) is 2. The van der Waals surface area contributed by atoms with Gasteiger partial charge in [0.25, 0.3) is 0 Å². The van der Waals surface area contributed by atoms with Gasteiger partial charge in [0.15, 0.2) is 9.84 Å². The van der Waals surface area contributed by atoms with Gasteiger partial charge in [-0.3, -0.25) is 0 Å². The molecule has 0 saturated carbocycles. The van der Waals surface area contributed by atoms with E-state index in [1.165, 1.54) is 6.07 Å². The van der Waals surface area contributed by atoms with Crippen molar-refractivity contribution in [3.63, 3.8) is 0 Å². The van der Waals surface area contributed by atoms with Gasteiger partial charge in [-0.25, -0.2) is 18.0 Å². The third kappa shape index (κ3) is 4.23. The number of rotatable bonds is 4. The van der Waals surface area contributed by atoms with Crippen molar-refractivity contribution < 1.29 is 28.2 Å². The predicted octanol–water partition coefficient (Wildman–Crippen LogP) is 1.13. The van der Waals surface area contributed by atoms with E-state index in [9.17, 15) is 18.0 Å². The second kappa shape index (κ2) is 6.59. The molecule has 1 heterocycles. The number of sulfone groups is 1. The van der Waals surface area contributed by atoms with Crippen LogP contribution in [0.1, 0.15) is 5.56 Å². The van der Waals surface area contributed by atoms with Crippen LogP contribution in [0.25, 0.3) is 6.08 Å². The predicted molar refractivity (Wildman–Crippen MR) is 85.6 cm³/mol. The third-order valence-electron chi connectivity index (χ3n) is 3.45. The number of hydrogen-bond donors (Lipinski definition) is 2. The lowest BCUT2D eigenvalue weighted by Gasteiger charge is -2.29. The Kier molecular flexibility index (Phi) is 4.96. The maximum atomic E-state index is 11.4. The Morgan fingerprint density at radius 1 is 1.13 bits per heavy atom. The summed E-state index contributed by atoms with van der Waals surface area (Å²) in [5.74, 6) is -2.99. The van der Waals surface area contributed by atoms with Gasteiger partial charge in [-0.2, -0.15) is 0 Å². The van der Waals surface area contributed by atoms with Crippen molar-refractivity contribution in [1.82, 2.24) is 0 Å². The normalized spacial score (nSPS) is 16.7. The summed E-state index contributed by atoms with van der Waals surface area (Å²) in [4.78, 5) is 23.6. The highest BCUT2D eigenvalue weighted by Gasteiger charge is 2.22. The van der Waals surface area contributed by atoms with Crippen LogP contribution in [-0.2, 0) is 19.4 Å². The highest BCUT2D eigenvalue weighted by molar-refractivity contribution is 7.91. The van der Waals surface area contributed by atoms with Gasteiger partial charge >= 0.3 is 11.9 Å². The third-order valence-corrected chi connectivity index (χ3v) is 5.39. The zero-order valence-corrected chi connectivity index (χ0v) is 13.5. The summed E-state index contributed by atoms with van der Waals surface area (Å²) in [5, 5.41) is 17.9. The van der Waals surface area contributed by atoms with E-state index in [1.807, 2.05) is 4.90 Å². The first-order chi connectivity index (χ1) is 10.7. The van der Waals surface area contributed by atoms with Gasteiger partial charge in [-0.05, 0) is 23.8 Å². The van der Waals surface area contributed by atoms with E-state index in [1.54, 1.807) is 12.1 Å². The number of carboxylic acids is 2. The molecule has 0 atom stereocenters. The van der Waals surface area contributed by atoms with Crippen molar-refractivity contribution in [3.05, 3.63) is 34.4 Å². The maximum absolute atomic E-state index is 11.4. The quantitative estimate of drug-likeness (QED) is 0.470. The van der Waals surface area contributed by atoms with Crippen LogP contribution >= 0.6 is 11.6 Å². The second-order valence-corrected chi connectivity index (χ2v) is 7.72. The van der Waals surface area contributed by atoms with Gasteiger partial charge in [0.2, 0.25) is 0 Å². The highest BCUT2D eigenvalue weighted by atomic mass is 35.5. The number of hydrogen-bond acceptors (Lipinski definition) is 5. The summed E-state index contributed by atoms with van der Waals surface area (Å²) < 4.78 is 22.9. The highest BCUT2D eigenvalue weighted by Crippen LogP contribution is 2.26. The van der Waals surface area contributed by atoms with Crippen LogP contribution in [0.5, 0.6) is 0 Å². The topological polar surface area (TPSA) is 112 Å². The Morgan fingerprint density at radius 3 is 2.17 bits per heavy atom. The van der Waals surface area contributed by atoms with Gasteiger partial charge in [-0.1, -0.05) is 17.7 Å². The molecule has 7 nitrogen and oxygen atoms in total. The smallest absolute Gasteiger partial charge is 0.343 e. The molecule has 1 fully saturated rings. The number of nitrogens with zero attached hydrogens (tertiary/aromatic N) is 1. The van der Waals surface area contributed by atoms with Crippen LogP contribution in [0.3, 0.4) is 0 Å². The van der Waals surface area contributed by atoms with Crippen molar-refractivity contribution in [2.45, 2.75) is 0 Å². The molecule has 0 bridgehead atoms. The Labute approximate surface area is 137 Å². The molecule has 1 saturated heterocycles. The molecule has 9 heteroatoms. The summed E-state index contributed by atoms with van der Waals surface area (Å²) in [5.41, 5.74) is 0.179. The van der Waals surface area contributed by atoms with Crippen molar-refractivity contribution in [2.75, 3.05) is 29.5 Å². The minimum atomic E-state index is -2.99. The molecule has 1 aliphatic rings. The minimum absolute atomic E-state index is 0.0639. The van der Waals surface area contributed by atoms with E-state index in [2.05, 4.69) is 0 Å². The largest absolute Gasteiger partial charge is 0.477 e. The van der Waals surface area contributed by atoms with Crippen LogP contribution in [0, 0.1) is 0 Å². The molecular formula is C14H14ClNO6S. The maximum Gasteiger partial charge on any atom is 0.343 e. The fourth-order valence-electron chi connectivity index (χ4n) is 2.17.